The highest BCUT2D eigenvalue weighted by Crippen LogP contribution is 2.27. The third-order valence-corrected chi connectivity index (χ3v) is 4.96. The maximum atomic E-state index is 12.4. The summed E-state index contributed by atoms with van der Waals surface area (Å²) in [6.45, 7) is 3.39. The maximum absolute atomic E-state index is 12.4. The van der Waals surface area contributed by atoms with Crippen molar-refractivity contribution in [1.29, 1.82) is 0 Å². The van der Waals surface area contributed by atoms with Crippen LogP contribution in [0.3, 0.4) is 0 Å². The summed E-state index contributed by atoms with van der Waals surface area (Å²) in [6.07, 6.45) is 4.93. The summed E-state index contributed by atoms with van der Waals surface area (Å²) >= 11 is 0. The first kappa shape index (κ1) is 17.5. The number of aromatic nitrogens is 2. The Morgan fingerprint density at radius 2 is 2.04 bits per heavy atom. The third-order valence-electron chi connectivity index (χ3n) is 4.96. The molecule has 1 aromatic heterocycles. The van der Waals surface area contributed by atoms with E-state index in [9.17, 15) is 14.7 Å². The maximum Gasteiger partial charge on any atom is 0.331 e. The number of rotatable bonds is 6. The Kier molecular flexibility index (Phi) is 5.38. The number of quaternary nitrogens is 1. The largest absolute Gasteiger partial charge is 0.494 e. The van der Waals surface area contributed by atoms with Crippen LogP contribution < -0.4 is 16.6 Å². The van der Waals surface area contributed by atoms with Gasteiger partial charge in [0.1, 0.15) is 11.6 Å². The molecule has 1 aliphatic rings. The number of H-pyrrole nitrogens is 1. The van der Waals surface area contributed by atoms with Crippen molar-refractivity contribution in [1.82, 2.24) is 9.55 Å². The summed E-state index contributed by atoms with van der Waals surface area (Å²) in [5.41, 5.74) is 1.47. The normalized spacial score (nSPS) is 16.6. The summed E-state index contributed by atoms with van der Waals surface area (Å²) in [4.78, 5) is 27.0. The molecule has 3 rings (SSSR count). The highest BCUT2D eigenvalue weighted by atomic mass is 16.3. The van der Waals surface area contributed by atoms with Crippen LogP contribution in [0, 0.1) is 0 Å². The minimum Gasteiger partial charge on any atom is -0.494 e. The molecule has 4 N–H and O–H groups in total. The van der Waals surface area contributed by atoms with Gasteiger partial charge >= 0.3 is 5.69 Å². The van der Waals surface area contributed by atoms with Gasteiger partial charge in [0.25, 0.3) is 5.56 Å². The van der Waals surface area contributed by atoms with Crippen LogP contribution in [-0.4, -0.2) is 21.2 Å². The second kappa shape index (κ2) is 7.70. The van der Waals surface area contributed by atoms with E-state index < -0.39 is 11.2 Å². The molecule has 0 saturated heterocycles. The van der Waals surface area contributed by atoms with Crippen molar-refractivity contribution < 1.29 is 10.4 Å². The van der Waals surface area contributed by atoms with Crippen LogP contribution in [0.5, 0.6) is 5.88 Å². The topological polar surface area (TPSA) is 91.7 Å². The average molecular weight is 344 g/mol. The van der Waals surface area contributed by atoms with E-state index in [1.54, 1.807) is 0 Å². The van der Waals surface area contributed by atoms with Crippen molar-refractivity contribution in [2.75, 3.05) is 6.54 Å². The first-order chi connectivity index (χ1) is 12.1. The summed E-state index contributed by atoms with van der Waals surface area (Å²) < 4.78 is 1.30. The predicted molar refractivity (Wildman–Crippen MR) is 95.9 cm³/mol. The molecule has 0 amide bonds. The van der Waals surface area contributed by atoms with Gasteiger partial charge in [-0.25, -0.2) is 4.79 Å². The van der Waals surface area contributed by atoms with Gasteiger partial charge in [0.2, 0.25) is 5.88 Å². The Hall–Kier alpha value is -2.34. The molecule has 2 aromatic rings. The molecular formula is C19H26N3O3+. The van der Waals surface area contributed by atoms with Gasteiger partial charge < -0.3 is 10.4 Å². The lowest BCUT2D eigenvalue weighted by molar-refractivity contribution is -0.690. The highest BCUT2D eigenvalue weighted by molar-refractivity contribution is 5.39. The Morgan fingerprint density at radius 1 is 1.24 bits per heavy atom. The van der Waals surface area contributed by atoms with Gasteiger partial charge in [0.15, 0.2) is 0 Å². The molecule has 0 unspecified atom stereocenters. The van der Waals surface area contributed by atoms with Gasteiger partial charge in [-0.05, 0) is 12.0 Å². The molecule has 6 nitrogen and oxygen atoms in total. The standard InChI is InChI=1S/C19H25N3O3/c1-2-3-4-7-12-22-18(24)15(17(23)21-19(22)25)16-14-9-6-5-8-13(14)10-11-20-16/h5-6,8-9,16,20,24H,2-4,7,10-12H2,1H3,(H,21,23,25)/p+1/t16-/m0/s1. The van der Waals surface area contributed by atoms with Crippen LogP contribution >= 0.6 is 0 Å². The van der Waals surface area contributed by atoms with Gasteiger partial charge in [0.05, 0.1) is 6.54 Å². The Bertz CT molecular complexity index is 854. The van der Waals surface area contributed by atoms with Gasteiger partial charge in [0, 0.05) is 18.5 Å². The second-order valence-corrected chi connectivity index (χ2v) is 6.66. The monoisotopic (exact) mass is 344 g/mol. The summed E-state index contributed by atoms with van der Waals surface area (Å²) in [5, 5.41) is 12.8. The average Bonchev–Trinajstić information content (AvgIpc) is 2.61. The Morgan fingerprint density at radius 3 is 2.84 bits per heavy atom. The van der Waals surface area contributed by atoms with E-state index in [4.69, 9.17) is 0 Å². The number of hydrogen-bond donors (Lipinski definition) is 3. The number of nitrogens with two attached hydrogens (primary N) is 1. The minimum absolute atomic E-state index is 0.191. The minimum atomic E-state index is -0.535. The van der Waals surface area contributed by atoms with Crippen LogP contribution in [0.4, 0.5) is 0 Å². The van der Waals surface area contributed by atoms with E-state index in [0.29, 0.717) is 6.54 Å². The van der Waals surface area contributed by atoms with Crippen molar-refractivity contribution in [2.24, 2.45) is 0 Å². The molecular weight excluding hydrogens is 318 g/mol. The number of nitrogens with one attached hydrogen (secondary N) is 1. The SMILES string of the molecule is CCCCCCn1c(O)c([C@H]2[NH2+]CCc3ccccc32)c(=O)[nH]c1=O. The van der Waals surface area contributed by atoms with Crippen molar-refractivity contribution in [2.45, 2.75) is 51.6 Å². The number of unbranched alkanes of at least 4 members (excludes halogenated alkanes) is 3. The van der Waals surface area contributed by atoms with E-state index in [1.165, 1.54) is 10.1 Å². The predicted octanol–water partition coefficient (Wildman–Crippen LogP) is 1.03. The molecule has 0 bridgehead atoms. The van der Waals surface area contributed by atoms with Crippen LogP contribution in [0.1, 0.15) is 55.3 Å². The highest BCUT2D eigenvalue weighted by Gasteiger charge is 2.31. The molecule has 6 heteroatoms. The Labute approximate surface area is 146 Å². The zero-order valence-corrected chi connectivity index (χ0v) is 14.6. The summed E-state index contributed by atoms with van der Waals surface area (Å²) in [5.74, 6) is -0.191. The summed E-state index contributed by atoms with van der Waals surface area (Å²) in [6, 6.07) is 7.69. The van der Waals surface area contributed by atoms with Crippen LogP contribution in [0.25, 0.3) is 0 Å². The lowest BCUT2D eigenvalue weighted by Gasteiger charge is -2.24. The van der Waals surface area contributed by atoms with E-state index in [1.807, 2.05) is 18.2 Å². The van der Waals surface area contributed by atoms with Gasteiger partial charge in [-0.15, -0.1) is 0 Å². The Balaban J connectivity index is 2.00. The molecule has 0 saturated carbocycles. The van der Waals surface area contributed by atoms with Gasteiger partial charge in [-0.2, -0.15) is 0 Å². The van der Waals surface area contributed by atoms with Crippen molar-refractivity contribution >= 4 is 0 Å². The molecule has 0 spiro atoms. The van der Waals surface area contributed by atoms with E-state index >= 15 is 0 Å². The molecule has 2 heterocycles. The number of nitrogens with zero attached hydrogens (tertiary/aromatic N) is 1. The lowest BCUT2D eigenvalue weighted by Crippen LogP contribution is -2.87. The molecule has 0 fully saturated rings. The first-order valence-corrected chi connectivity index (χ1v) is 9.10. The molecule has 1 aliphatic heterocycles. The lowest BCUT2D eigenvalue weighted by atomic mass is 9.91. The fourth-order valence-corrected chi connectivity index (χ4v) is 3.63. The second-order valence-electron chi connectivity index (χ2n) is 6.66. The van der Waals surface area contributed by atoms with E-state index in [2.05, 4.69) is 23.3 Å². The molecule has 134 valence electrons. The number of benzene rings is 1. The van der Waals surface area contributed by atoms with Crippen molar-refractivity contribution in [3.8, 4) is 5.88 Å². The quantitative estimate of drug-likeness (QED) is 0.684. The number of fused-ring (bicyclic) bond motifs is 1. The third kappa shape index (κ3) is 3.54. The zero-order chi connectivity index (χ0) is 17.8. The molecule has 25 heavy (non-hydrogen) atoms. The molecule has 0 aliphatic carbocycles. The van der Waals surface area contributed by atoms with Crippen LogP contribution in [0.15, 0.2) is 33.9 Å². The fraction of sp³-hybridized carbons (Fsp3) is 0.474. The number of hydrogen-bond acceptors (Lipinski definition) is 3. The fourth-order valence-electron chi connectivity index (χ4n) is 3.63. The van der Waals surface area contributed by atoms with E-state index in [-0.39, 0.29) is 17.5 Å². The van der Waals surface area contributed by atoms with Crippen molar-refractivity contribution in [3.63, 3.8) is 0 Å². The van der Waals surface area contributed by atoms with Crippen LogP contribution in [-0.2, 0) is 13.0 Å². The van der Waals surface area contributed by atoms with Crippen LogP contribution in [0.2, 0.25) is 0 Å². The first-order valence-electron chi connectivity index (χ1n) is 9.10. The molecule has 1 atom stereocenters. The van der Waals surface area contributed by atoms with Crippen molar-refractivity contribution in [3.05, 3.63) is 61.8 Å². The zero-order valence-electron chi connectivity index (χ0n) is 14.6. The van der Waals surface area contributed by atoms with E-state index in [0.717, 1.165) is 44.2 Å². The van der Waals surface area contributed by atoms with Gasteiger partial charge in [-0.1, -0.05) is 50.5 Å². The number of aromatic amines is 1. The smallest absolute Gasteiger partial charge is 0.331 e. The number of aromatic hydroxyl groups is 1. The molecule has 0 radical (unpaired) electrons. The summed E-state index contributed by atoms with van der Waals surface area (Å²) in [7, 11) is 0. The van der Waals surface area contributed by atoms with Gasteiger partial charge in [-0.3, -0.25) is 14.3 Å². The molecule has 1 aromatic carbocycles.